The van der Waals surface area contributed by atoms with E-state index in [0.29, 0.717) is 17.9 Å². The summed E-state index contributed by atoms with van der Waals surface area (Å²) in [6.45, 7) is 5.94. The van der Waals surface area contributed by atoms with Crippen molar-refractivity contribution in [3.8, 4) is 0 Å². The molecule has 0 bridgehead atoms. The molecule has 2 rings (SSSR count). The molecule has 0 aliphatic carbocycles. The molecule has 0 spiro atoms. The molecule has 0 unspecified atom stereocenters. The highest BCUT2D eigenvalue weighted by Crippen LogP contribution is 2.64. The van der Waals surface area contributed by atoms with Crippen LogP contribution < -0.4 is 0 Å². The Bertz CT molecular complexity index is 686. The Labute approximate surface area is 139 Å². The van der Waals surface area contributed by atoms with Gasteiger partial charge in [-0.2, -0.15) is 0 Å². The van der Waals surface area contributed by atoms with E-state index in [4.69, 9.17) is 0 Å². The minimum atomic E-state index is -2.52. The number of hydrogen-bond donors (Lipinski definition) is 0. The fourth-order valence-electron chi connectivity index (χ4n) is 3.24. The molecule has 0 fully saturated rings. The fourth-order valence-corrected chi connectivity index (χ4v) is 6.13. The zero-order valence-corrected chi connectivity index (χ0v) is 15.1. The molecule has 0 N–H and O–H groups in total. The number of hydrogen-bond acceptors (Lipinski definition) is 2. The van der Waals surface area contributed by atoms with E-state index in [0.717, 1.165) is 5.56 Å². The Hall–Kier alpha value is -1.66. The summed E-state index contributed by atoms with van der Waals surface area (Å²) in [7, 11) is -2.52. The number of ketones is 1. The van der Waals surface area contributed by atoms with Crippen molar-refractivity contribution in [2.24, 2.45) is 0 Å². The number of rotatable bonds is 7. The van der Waals surface area contributed by atoms with Gasteiger partial charge in [0.2, 0.25) is 0 Å². The minimum Gasteiger partial charge on any atom is -0.323 e. The second-order valence-corrected chi connectivity index (χ2v) is 10.2. The zero-order chi connectivity index (χ0) is 16.9. The molecule has 0 heterocycles. The quantitative estimate of drug-likeness (QED) is 0.491. The highest BCUT2D eigenvalue weighted by Gasteiger charge is 2.44. The van der Waals surface area contributed by atoms with Gasteiger partial charge in [-0.3, -0.25) is 4.79 Å². The molecule has 23 heavy (non-hydrogen) atoms. The summed E-state index contributed by atoms with van der Waals surface area (Å²) in [6, 6.07) is 19.1. The Balaban J connectivity index is 2.47. The first kappa shape index (κ1) is 17.7. The first-order valence-corrected chi connectivity index (χ1v) is 10.3. The first-order chi connectivity index (χ1) is 11.0. The lowest BCUT2D eigenvalue weighted by Gasteiger charge is -2.37. The van der Waals surface area contributed by atoms with Gasteiger partial charge in [0.05, 0.1) is 12.3 Å². The van der Waals surface area contributed by atoms with Crippen LogP contribution in [-0.2, 0) is 9.72 Å². The van der Waals surface area contributed by atoms with Gasteiger partial charge in [0.25, 0.3) is 0 Å². The molecule has 0 saturated carbocycles. The van der Waals surface area contributed by atoms with Crippen LogP contribution in [0.25, 0.3) is 0 Å². The lowest BCUT2D eigenvalue weighted by molar-refractivity contribution is 0.0968. The SMILES string of the molecule is CCP(=O)(CC)[C@](C)(CC(=O)c1ccccc1)c1ccccc1. The average molecular weight is 328 g/mol. The van der Waals surface area contributed by atoms with Crippen molar-refractivity contribution in [2.45, 2.75) is 32.3 Å². The van der Waals surface area contributed by atoms with Crippen molar-refractivity contribution in [3.63, 3.8) is 0 Å². The largest absolute Gasteiger partial charge is 0.323 e. The lowest BCUT2D eigenvalue weighted by Crippen LogP contribution is -2.28. The van der Waals surface area contributed by atoms with Crippen LogP contribution in [0.15, 0.2) is 60.7 Å². The molecule has 0 amide bonds. The second-order valence-electron chi connectivity index (χ2n) is 6.13. The summed E-state index contributed by atoms with van der Waals surface area (Å²) in [4.78, 5) is 12.8. The number of carbonyl (C=O) groups excluding carboxylic acids is 1. The van der Waals surface area contributed by atoms with Crippen LogP contribution in [0.5, 0.6) is 0 Å². The van der Waals surface area contributed by atoms with Gasteiger partial charge in [-0.25, -0.2) is 0 Å². The predicted octanol–water partition coefficient (Wildman–Crippen LogP) is 5.58. The summed E-state index contributed by atoms with van der Waals surface area (Å²) in [5.41, 5.74) is 1.68. The first-order valence-electron chi connectivity index (χ1n) is 8.19. The van der Waals surface area contributed by atoms with E-state index < -0.39 is 12.3 Å². The van der Waals surface area contributed by atoms with Crippen molar-refractivity contribution in [1.82, 2.24) is 0 Å². The summed E-state index contributed by atoms with van der Waals surface area (Å²) in [6.07, 6.45) is 1.49. The van der Waals surface area contributed by atoms with Gasteiger partial charge in [-0.05, 0) is 24.8 Å². The summed E-state index contributed by atoms with van der Waals surface area (Å²) in [5, 5.41) is -0.620. The van der Waals surface area contributed by atoms with Crippen LogP contribution in [0, 0.1) is 0 Å². The monoisotopic (exact) mass is 328 g/mol. The molecule has 0 aliphatic rings. The molecule has 2 aromatic rings. The van der Waals surface area contributed by atoms with Gasteiger partial charge in [0, 0.05) is 12.0 Å². The minimum absolute atomic E-state index is 0.0547. The smallest absolute Gasteiger partial charge is 0.164 e. The van der Waals surface area contributed by atoms with Crippen LogP contribution >= 0.6 is 7.14 Å². The summed E-state index contributed by atoms with van der Waals surface area (Å²) >= 11 is 0. The van der Waals surface area contributed by atoms with Gasteiger partial charge in [0.1, 0.15) is 0 Å². The predicted molar refractivity (Wildman–Crippen MR) is 97.9 cm³/mol. The zero-order valence-electron chi connectivity index (χ0n) is 14.2. The highest BCUT2D eigenvalue weighted by atomic mass is 31.2. The molecule has 0 saturated heterocycles. The van der Waals surface area contributed by atoms with E-state index in [-0.39, 0.29) is 12.2 Å². The third-order valence-corrected chi connectivity index (χ3v) is 9.18. The lowest BCUT2D eigenvalue weighted by atomic mass is 9.92. The van der Waals surface area contributed by atoms with Crippen molar-refractivity contribution < 1.29 is 9.36 Å². The number of Topliss-reactive ketones (excluding diaryl/α,β-unsaturated/α-hetero) is 1. The van der Waals surface area contributed by atoms with Gasteiger partial charge < -0.3 is 4.57 Å². The molecule has 0 radical (unpaired) electrons. The maximum Gasteiger partial charge on any atom is 0.164 e. The van der Waals surface area contributed by atoms with E-state index in [1.807, 2.05) is 81.4 Å². The van der Waals surface area contributed by atoms with Crippen LogP contribution in [-0.4, -0.2) is 18.1 Å². The Morgan fingerprint density at radius 3 is 1.87 bits per heavy atom. The van der Waals surface area contributed by atoms with Crippen LogP contribution in [0.3, 0.4) is 0 Å². The molecular formula is C20H25O2P. The molecule has 1 atom stereocenters. The van der Waals surface area contributed by atoms with Crippen molar-refractivity contribution >= 4 is 12.9 Å². The molecule has 2 nitrogen and oxygen atoms in total. The molecule has 0 aromatic heterocycles. The Morgan fingerprint density at radius 2 is 1.39 bits per heavy atom. The highest BCUT2D eigenvalue weighted by molar-refractivity contribution is 7.65. The molecule has 122 valence electrons. The summed E-state index contributed by atoms with van der Waals surface area (Å²) in [5.74, 6) is 0.0547. The molecule has 2 aromatic carbocycles. The van der Waals surface area contributed by atoms with Gasteiger partial charge in [0.15, 0.2) is 5.78 Å². The van der Waals surface area contributed by atoms with Crippen LogP contribution in [0.4, 0.5) is 0 Å². The summed E-state index contributed by atoms with van der Waals surface area (Å²) < 4.78 is 13.6. The van der Waals surface area contributed by atoms with Gasteiger partial charge >= 0.3 is 0 Å². The maximum absolute atomic E-state index is 13.6. The standard InChI is InChI=1S/C20H25O2P/c1-4-23(22,5-2)20(3,18-14-10-7-11-15-18)16-19(21)17-12-8-6-9-13-17/h6-15H,4-5,16H2,1-3H3/t20-/m1/s1. The van der Waals surface area contributed by atoms with Crippen molar-refractivity contribution in [3.05, 3.63) is 71.8 Å². The van der Waals surface area contributed by atoms with Crippen LogP contribution in [0.2, 0.25) is 0 Å². The maximum atomic E-state index is 13.6. The van der Waals surface area contributed by atoms with E-state index in [2.05, 4.69) is 0 Å². The molecule has 0 aliphatic heterocycles. The third kappa shape index (κ3) is 3.48. The fraction of sp³-hybridized carbons (Fsp3) is 0.350. The molecular weight excluding hydrogens is 303 g/mol. The topological polar surface area (TPSA) is 34.1 Å². The van der Waals surface area contributed by atoms with Crippen molar-refractivity contribution in [2.75, 3.05) is 12.3 Å². The number of benzene rings is 2. The van der Waals surface area contributed by atoms with Crippen molar-refractivity contribution in [1.29, 1.82) is 0 Å². The molecule has 3 heteroatoms. The van der Waals surface area contributed by atoms with Gasteiger partial charge in [-0.1, -0.05) is 74.5 Å². The third-order valence-electron chi connectivity index (χ3n) is 4.92. The number of carbonyl (C=O) groups is 1. The average Bonchev–Trinajstić information content (AvgIpc) is 2.62. The Morgan fingerprint density at radius 1 is 0.913 bits per heavy atom. The van der Waals surface area contributed by atoms with E-state index in [1.165, 1.54) is 0 Å². The van der Waals surface area contributed by atoms with Crippen LogP contribution in [0.1, 0.15) is 43.1 Å². The van der Waals surface area contributed by atoms with E-state index >= 15 is 0 Å². The van der Waals surface area contributed by atoms with E-state index in [9.17, 15) is 9.36 Å². The van der Waals surface area contributed by atoms with Gasteiger partial charge in [-0.15, -0.1) is 0 Å². The second kappa shape index (κ2) is 7.27. The Kier molecular flexibility index (Phi) is 5.59. The van der Waals surface area contributed by atoms with E-state index in [1.54, 1.807) is 0 Å². The normalized spacial score (nSPS) is 14.2.